The highest BCUT2D eigenvalue weighted by molar-refractivity contribution is 5.90. The summed E-state index contributed by atoms with van der Waals surface area (Å²) in [6, 6.07) is 13.0. The predicted molar refractivity (Wildman–Crippen MR) is 102 cm³/mol. The summed E-state index contributed by atoms with van der Waals surface area (Å²) < 4.78 is 24.1. The van der Waals surface area contributed by atoms with Crippen molar-refractivity contribution >= 4 is 18.2 Å². The number of nitrogens with one attached hydrogen (secondary N) is 1. The summed E-state index contributed by atoms with van der Waals surface area (Å²) in [4.78, 5) is 24.2. The summed E-state index contributed by atoms with van der Waals surface area (Å²) in [6.07, 6.45) is -4.96. The van der Waals surface area contributed by atoms with Gasteiger partial charge in [0.05, 0.1) is 11.1 Å². The van der Waals surface area contributed by atoms with Crippen molar-refractivity contribution in [3.8, 4) is 0 Å². The number of alkyl halides is 1. The molecule has 0 amide bonds. The second-order valence-electron chi connectivity index (χ2n) is 6.38. The third-order valence-electron chi connectivity index (χ3n) is 4.06. The zero-order chi connectivity index (χ0) is 20.7. The molecule has 6 nitrogen and oxygen atoms in total. The summed E-state index contributed by atoms with van der Waals surface area (Å²) in [5.41, 5.74) is 2.34. The highest BCUT2D eigenvalue weighted by Crippen LogP contribution is 2.14. The molecule has 2 aromatic carbocycles. The Hall–Kier alpha value is -3.06. The number of hydrogen-bond donors (Lipinski definition) is 2. The number of aryl methyl sites for hydroxylation is 2. The molecule has 2 N–H and O–H groups in total. The monoisotopic (exact) mass is 387 g/mol. The van der Waals surface area contributed by atoms with E-state index in [4.69, 9.17) is 14.9 Å². The minimum Gasteiger partial charge on any atom is -0.459 e. The van der Waals surface area contributed by atoms with Crippen LogP contribution in [0.15, 0.2) is 48.5 Å². The van der Waals surface area contributed by atoms with Gasteiger partial charge in [0, 0.05) is 6.21 Å². The van der Waals surface area contributed by atoms with Crippen LogP contribution in [0.5, 0.6) is 0 Å². The second kappa shape index (κ2) is 9.75. The minimum absolute atomic E-state index is 0.177. The van der Waals surface area contributed by atoms with Crippen molar-refractivity contribution in [2.75, 3.05) is 6.61 Å². The highest BCUT2D eigenvalue weighted by Gasteiger charge is 2.32. The number of carbonyl (C=O) groups is 2. The van der Waals surface area contributed by atoms with Crippen molar-refractivity contribution < 1.29 is 28.6 Å². The molecule has 0 heterocycles. The van der Waals surface area contributed by atoms with E-state index in [-0.39, 0.29) is 11.1 Å². The third-order valence-corrected chi connectivity index (χ3v) is 4.06. The summed E-state index contributed by atoms with van der Waals surface area (Å²) in [6.45, 7) is 3.12. The van der Waals surface area contributed by atoms with Crippen LogP contribution < -0.4 is 0 Å². The van der Waals surface area contributed by atoms with Gasteiger partial charge in [0.2, 0.25) is 0 Å². The molecule has 0 aliphatic carbocycles. The van der Waals surface area contributed by atoms with E-state index in [2.05, 4.69) is 0 Å². The molecular weight excluding hydrogens is 365 g/mol. The van der Waals surface area contributed by atoms with Crippen molar-refractivity contribution in [2.45, 2.75) is 32.2 Å². The fourth-order valence-electron chi connectivity index (χ4n) is 2.36. The number of esters is 2. The molecule has 2 rings (SSSR count). The molecule has 0 fully saturated rings. The Morgan fingerprint density at radius 2 is 1.46 bits per heavy atom. The van der Waals surface area contributed by atoms with Crippen LogP contribution in [-0.2, 0) is 9.47 Å². The van der Waals surface area contributed by atoms with Crippen LogP contribution in [0.25, 0.3) is 0 Å². The lowest BCUT2D eigenvalue weighted by atomic mass is 10.1. The van der Waals surface area contributed by atoms with E-state index < -0.39 is 36.9 Å². The van der Waals surface area contributed by atoms with Gasteiger partial charge < -0.3 is 20.0 Å². The van der Waals surface area contributed by atoms with Gasteiger partial charge in [-0.3, -0.25) is 0 Å². The van der Waals surface area contributed by atoms with Crippen molar-refractivity contribution in [1.29, 1.82) is 5.41 Å². The van der Waals surface area contributed by atoms with Crippen LogP contribution in [0.3, 0.4) is 0 Å². The molecule has 0 saturated heterocycles. The largest absolute Gasteiger partial charge is 0.459 e. The molecule has 3 atom stereocenters. The zero-order valence-electron chi connectivity index (χ0n) is 15.6. The number of aliphatic hydroxyl groups excluding tert-OH is 1. The van der Waals surface area contributed by atoms with Gasteiger partial charge in [0.15, 0.2) is 12.3 Å². The third kappa shape index (κ3) is 5.72. The van der Waals surface area contributed by atoms with Crippen LogP contribution >= 0.6 is 0 Å². The van der Waals surface area contributed by atoms with Crippen LogP contribution in [0.1, 0.15) is 31.8 Å². The fraction of sp³-hybridized carbons (Fsp3) is 0.286. The van der Waals surface area contributed by atoms with Crippen LogP contribution in [-0.4, -0.2) is 48.2 Å². The average molecular weight is 387 g/mol. The molecule has 7 heteroatoms. The SMILES string of the molecule is Cc1ccc(C(=O)OCC(O)[C@@H](OC(=O)c2ccc(C)cc2)[C@H](F)C=N)cc1. The van der Waals surface area contributed by atoms with E-state index in [0.717, 1.165) is 11.1 Å². The lowest BCUT2D eigenvalue weighted by molar-refractivity contribution is -0.0591. The lowest BCUT2D eigenvalue weighted by Crippen LogP contribution is -2.42. The number of rotatable bonds is 8. The Bertz CT molecular complexity index is 820. The molecule has 0 aliphatic heterocycles. The Kier molecular flexibility index (Phi) is 7.40. The van der Waals surface area contributed by atoms with Gasteiger partial charge in [-0.1, -0.05) is 35.4 Å². The topological polar surface area (TPSA) is 96.7 Å². The summed E-state index contributed by atoms with van der Waals surface area (Å²) >= 11 is 0. The average Bonchev–Trinajstić information content (AvgIpc) is 2.70. The zero-order valence-corrected chi connectivity index (χ0v) is 15.6. The molecule has 0 radical (unpaired) electrons. The van der Waals surface area contributed by atoms with Gasteiger partial charge >= 0.3 is 11.9 Å². The van der Waals surface area contributed by atoms with Crippen molar-refractivity contribution in [2.24, 2.45) is 0 Å². The summed E-state index contributed by atoms with van der Waals surface area (Å²) in [7, 11) is 0. The highest BCUT2D eigenvalue weighted by atomic mass is 19.1. The van der Waals surface area contributed by atoms with Crippen molar-refractivity contribution in [3.63, 3.8) is 0 Å². The van der Waals surface area contributed by atoms with Gasteiger partial charge in [-0.05, 0) is 38.1 Å². The van der Waals surface area contributed by atoms with E-state index in [1.165, 1.54) is 12.1 Å². The first kappa shape index (κ1) is 21.2. The lowest BCUT2D eigenvalue weighted by Gasteiger charge is -2.24. The number of halogens is 1. The Labute approximate surface area is 162 Å². The molecule has 148 valence electrons. The molecule has 0 bridgehead atoms. The van der Waals surface area contributed by atoms with Crippen LogP contribution in [0.4, 0.5) is 4.39 Å². The van der Waals surface area contributed by atoms with E-state index >= 15 is 0 Å². The molecule has 0 aliphatic rings. The second-order valence-corrected chi connectivity index (χ2v) is 6.38. The van der Waals surface area contributed by atoms with Crippen LogP contribution in [0, 0.1) is 19.3 Å². The summed E-state index contributed by atoms with van der Waals surface area (Å²) in [5, 5.41) is 17.3. The Morgan fingerprint density at radius 1 is 1.00 bits per heavy atom. The minimum atomic E-state index is -2.05. The normalized spacial score (nSPS) is 13.9. The van der Waals surface area contributed by atoms with E-state index in [9.17, 15) is 19.1 Å². The maximum atomic E-state index is 14.1. The number of benzene rings is 2. The van der Waals surface area contributed by atoms with Gasteiger partial charge in [0.25, 0.3) is 0 Å². The quantitative estimate of drug-likeness (QED) is 0.536. The number of hydrogen-bond acceptors (Lipinski definition) is 6. The first-order valence-electron chi connectivity index (χ1n) is 8.66. The maximum absolute atomic E-state index is 14.1. The maximum Gasteiger partial charge on any atom is 0.338 e. The first-order chi connectivity index (χ1) is 13.3. The van der Waals surface area contributed by atoms with Crippen molar-refractivity contribution in [3.05, 3.63) is 70.8 Å². The molecule has 0 spiro atoms. The van der Waals surface area contributed by atoms with Gasteiger partial charge in [-0.25, -0.2) is 14.0 Å². The number of ether oxygens (including phenoxy) is 2. The Morgan fingerprint density at radius 3 is 1.93 bits per heavy atom. The van der Waals surface area contributed by atoms with E-state index in [1.807, 2.05) is 13.8 Å². The van der Waals surface area contributed by atoms with E-state index in [1.54, 1.807) is 36.4 Å². The molecule has 28 heavy (non-hydrogen) atoms. The van der Waals surface area contributed by atoms with Crippen LogP contribution in [0.2, 0.25) is 0 Å². The van der Waals surface area contributed by atoms with Gasteiger partial charge in [0.1, 0.15) is 12.7 Å². The molecule has 2 aromatic rings. The first-order valence-corrected chi connectivity index (χ1v) is 8.66. The predicted octanol–water partition coefficient (Wildman–Crippen LogP) is 3.03. The van der Waals surface area contributed by atoms with Gasteiger partial charge in [-0.15, -0.1) is 0 Å². The van der Waals surface area contributed by atoms with Crippen molar-refractivity contribution in [1.82, 2.24) is 0 Å². The Balaban J connectivity index is 2.01. The number of carbonyl (C=O) groups excluding carboxylic acids is 2. The van der Waals surface area contributed by atoms with Gasteiger partial charge in [-0.2, -0.15) is 0 Å². The molecule has 0 aromatic heterocycles. The molecular formula is C21H22FNO5. The molecule has 1 unspecified atom stereocenters. The standard InChI is InChI=1S/C21H22FNO5/c1-13-3-7-15(8-4-13)20(25)27-12-18(24)19(17(22)11-23)28-21(26)16-9-5-14(2)6-10-16/h3-11,17-19,23-24H,12H2,1-2H3/t17-,18?,19+/m1/s1. The smallest absolute Gasteiger partial charge is 0.338 e. The summed E-state index contributed by atoms with van der Waals surface area (Å²) in [5.74, 6) is -1.55. The molecule has 0 saturated carbocycles. The fourth-order valence-corrected chi connectivity index (χ4v) is 2.36. The van der Waals surface area contributed by atoms with E-state index in [0.29, 0.717) is 6.21 Å². The number of aliphatic hydroxyl groups is 1.